The molecule has 2 atom stereocenters. The van der Waals surface area contributed by atoms with E-state index >= 15 is 0 Å². The molecule has 0 amide bonds. The van der Waals surface area contributed by atoms with Gasteiger partial charge in [0.05, 0.1) is 6.10 Å². The summed E-state index contributed by atoms with van der Waals surface area (Å²) < 4.78 is 5.29. The van der Waals surface area contributed by atoms with Crippen LogP contribution in [0.15, 0.2) is 0 Å². The molecule has 54 valence electrons. The van der Waals surface area contributed by atoms with Crippen molar-refractivity contribution in [3.05, 3.63) is 0 Å². The van der Waals surface area contributed by atoms with Crippen LogP contribution in [0, 0.1) is 0 Å². The molecule has 1 rings (SSSR count). The molecule has 0 spiro atoms. The minimum atomic E-state index is 0.542. The molecule has 1 aliphatic rings. The molecular formula is C7H14OS. The van der Waals surface area contributed by atoms with E-state index in [1.807, 2.05) is 7.11 Å². The van der Waals surface area contributed by atoms with Crippen molar-refractivity contribution in [2.45, 2.75) is 31.1 Å². The molecule has 2 heteroatoms. The third kappa shape index (κ3) is 1.62. The summed E-state index contributed by atoms with van der Waals surface area (Å²) >= 11 is 2.05. The molecule has 0 aromatic carbocycles. The van der Waals surface area contributed by atoms with Crippen LogP contribution >= 0.6 is 11.8 Å². The van der Waals surface area contributed by atoms with Gasteiger partial charge >= 0.3 is 0 Å². The summed E-state index contributed by atoms with van der Waals surface area (Å²) in [5.74, 6) is 1.29. The monoisotopic (exact) mass is 146 g/mol. The Hall–Kier alpha value is 0.310. The first-order chi connectivity index (χ1) is 4.38. The number of rotatable bonds is 2. The lowest BCUT2D eigenvalue weighted by Crippen LogP contribution is -2.18. The highest BCUT2D eigenvalue weighted by atomic mass is 32.2. The first-order valence-corrected chi connectivity index (χ1v) is 4.57. The fourth-order valence-electron chi connectivity index (χ4n) is 1.28. The predicted octanol–water partition coefficient (Wildman–Crippen LogP) is 1.92. The number of methoxy groups -OCH3 is 1. The molecule has 9 heavy (non-hydrogen) atoms. The predicted molar refractivity (Wildman–Crippen MR) is 42.0 cm³/mol. The summed E-state index contributed by atoms with van der Waals surface area (Å²) in [7, 11) is 1.82. The SMILES string of the molecule is CC[C@@H]1SCC[C@@H]1OC. The molecule has 1 heterocycles. The zero-order valence-corrected chi connectivity index (χ0v) is 6.91. The lowest BCUT2D eigenvalue weighted by Gasteiger charge is -2.13. The minimum Gasteiger partial charge on any atom is -0.380 e. The van der Waals surface area contributed by atoms with Crippen molar-refractivity contribution in [1.82, 2.24) is 0 Å². The largest absolute Gasteiger partial charge is 0.380 e. The number of ether oxygens (including phenoxy) is 1. The van der Waals surface area contributed by atoms with Crippen molar-refractivity contribution in [3.63, 3.8) is 0 Å². The topological polar surface area (TPSA) is 9.23 Å². The number of thioether (sulfide) groups is 1. The zero-order chi connectivity index (χ0) is 6.69. The van der Waals surface area contributed by atoms with E-state index in [9.17, 15) is 0 Å². The Labute approximate surface area is 61.2 Å². The molecule has 1 aliphatic heterocycles. The Bertz CT molecular complexity index is 75.0. The van der Waals surface area contributed by atoms with E-state index in [0.29, 0.717) is 6.10 Å². The third-order valence-corrected chi connectivity index (χ3v) is 3.39. The second-order valence-corrected chi connectivity index (χ2v) is 3.73. The van der Waals surface area contributed by atoms with Gasteiger partial charge in [0.25, 0.3) is 0 Å². The summed E-state index contributed by atoms with van der Waals surface area (Å²) in [5.41, 5.74) is 0. The Morgan fingerprint density at radius 3 is 2.89 bits per heavy atom. The number of hydrogen-bond acceptors (Lipinski definition) is 2. The van der Waals surface area contributed by atoms with Gasteiger partial charge in [-0.25, -0.2) is 0 Å². The molecule has 0 radical (unpaired) electrons. The highest BCUT2D eigenvalue weighted by molar-refractivity contribution is 8.00. The fraction of sp³-hybridized carbons (Fsp3) is 1.00. The van der Waals surface area contributed by atoms with Gasteiger partial charge in [-0.15, -0.1) is 0 Å². The van der Waals surface area contributed by atoms with E-state index in [-0.39, 0.29) is 0 Å². The van der Waals surface area contributed by atoms with Crippen LogP contribution < -0.4 is 0 Å². The van der Waals surface area contributed by atoms with E-state index in [4.69, 9.17) is 4.74 Å². The van der Waals surface area contributed by atoms with Crippen LogP contribution in [0.25, 0.3) is 0 Å². The normalized spacial score (nSPS) is 35.3. The van der Waals surface area contributed by atoms with Gasteiger partial charge in [-0.1, -0.05) is 6.92 Å². The maximum atomic E-state index is 5.29. The molecular weight excluding hydrogens is 132 g/mol. The van der Waals surface area contributed by atoms with Crippen molar-refractivity contribution >= 4 is 11.8 Å². The van der Waals surface area contributed by atoms with E-state index < -0.39 is 0 Å². The quantitative estimate of drug-likeness (QED) is 0.588. The Morgan fingerprint density at radius 2 is 2.44 bits per heavy atom. The van der Waals surface area contributed by atoms with Crippen molar-refractivity contribution in [2.24, 2.45) is 0 Å². The van der Waals surface area contributed by atoms with Crippen LogP contribution in [0.2, 0.25) is 0 Å². The van der Waals surface area contributed by atoms with Gasteiger partial charge in [0.15, 0.2) is 0 Å². The van der Waals surface area contributed by atoms with Crippen LogP contribution in [0.1, 0.15) is 19.8 Å². The standard InChI is InChI=1S/C7H14OS/c1-3-7-6(8-2)4-5-9-7/h6-7H,3-5H2,1-2H3/t6-,7-/m0/s1. The molecule has 1 saturated heterocycles. The Balaban J connectivity index is 2.32. The van der Waals surface area contributed by atoms with Gasteiger partial charge in [-0.3, -0.25) is 0 Å². The van der Waals surface area contributed by atoms with Crippen molar-refractivity contribution in [1.29, 1.82) is 0 Å². The fourth-order valence-corrected chi connectivity index (χ4v) is 2.65. The van der Waals surface area contributed by atoms with Crippen molar-refractivity contribution in [2.75, 3.05) is 12.9 Å². The average molecular weight is 146 g/mol. The molecule has 0 saturated carbocycles. The lowest BCUT2D eigenvalue weighted by molar-refractivity contribution is 0.103. The van der Waals surface area contributed by atoms with E-state index in [2.05, 4.69) is 18.7 Å². The minimum absolute atomic E-state index is 0.542. The third-order valence-electron chi connectivity index (χ3n) is 1.85. The van der Waals surface area contributed by atoms with Crippen LogP contribution in [0.4, 0.5) is 0 Å². The molecule has 0 aromatic heterocycles. The summed E-state index contributed by atoms with van der Waals surface area (Å²) in [6.45, 7) is 2.23. The maximum absolute atomic E-state index is 5.29. The van der Waals surface area contributed by atoms with Crippen molar-refractivity contribution < 1.29 is 4.74 Å². The lowest BCUT2D eigenvalue weighted by atomic mass is 10.2. The van der Waals surface area contributed by atoms with Crippen molar-refractivity contribution in [3.8, 4) is 0 Å². The molecule has 1 nitrogen and oxygen atoms in total. The second kappa shape index (κ2) is 3.47. The molecule has 0 N–H and O–H groups in total. The van der Waals surface area contributed by atoms with Gasteiger partial charge in [-0.2, -0.15) is 11.8 Å². The molecule has 1 fully saturated rings. The van der Waals surface area contributed by atoms with Gasteiger partial charge < -0.3 is 4.74 Å². The van der Waals surface area contributed by atoms with Crippen LogP contribution in [0.3, 0.4) is 0 Å². The number of hydrogen-bond donors (Lipinski definition) is 0. The Morgan fingerprint density at radius 1 is 1.67 bits per heavy atom. The summed E-state index contributed by atoms with van der Waals surface area (Å²) in [4.78, 5) is 0. The van der Waals surface area contributed by atoms with Gasteiger partial charge in [0.1, 0.15) is 0 Å². The molecule has 0 aromatic rings. The van der Waals surface area contributed by atoms with Gasteiger partial charge in [0, 0.05) is 12.4 Å². The maximum Gasteiger partial charge on any atom is 0.0697 e. The first kappa shape index (κ1) is 7.42. The van der Waals surface area contributed by atoms with E-state index in [1.54, 1.807) is 0 Å². The van der Waals surface area contributed by atoms with Crippen LogP contribution in [-0.4, -0.2) is 24.2 Å². The summed E-state index contributed by atoms with van der Waals surface area (Å²) in [6, 6.07) is 0. The Kier molecular flexibility index (Phi) is 2.86. The van der Waals surface area contributed by atoms with Crippen LogP contribution in [0.5, 0.6) is 0 Å². The first-order valence-electron chi connectivity index (χ1n) is 3.53. The zero-order valence-electron chi connectivity index (χ0n) is 6.09. The molecule has 0 bridgehead atoms. The van der Waals surface area contributed by atoms with E-state index in [0.717, 1.165) is 5.25 Å². The average Bonchev–Trinajstić information content (AvgIpc) is 2.33. The molecule has 0 aliphatic carbocycles. The smallest absolute Gasteiger partial charge is 0.0697 e. The van der Waals surface area contributed by atoms with Gasteiger partial charge in [0.2, 0.25) is 0 Å². The highest BCUT2D eigenvalue weighted by Gasteiger charge is 2.25. The van der Waals surface area contributed by atoms with Gasteiger partial charge in [-0.05, 0) is 18.6 Å². The summed E-state index contributed by atoms with van der Waals surface area (Å²) in [5, 5.41) is 0.773. The molecule has 0 unspecified atom stereocenters. The highest BCUT2D eigenvalue weighted by Crippen LogP contribution is 2.30. The van der Waals surface area contributed by atoms with Crippen LogP contribution in [-0.2, 0) is 4.74 Å². The summed E-state index contributed by atoms with van der Waals surface area (Å²) in [6.07, 6.45) is 3.04. The second-order valence-electron chi connectivity index (χ2n) is 2.38. The van der Waals surface area contributed by atoms with E-state index in [1.165, 1.54) is 18.6 Å².